The van der Waals surface area contributed by atoms with Gasteiger partial charge in [0.25, 0.3) is 5.91 Å². The first kappa shape index (κ1) is 21.1. The van der Waals surface area contributed by atoms with Crippen molar-refractivity contribution in [1.29, 1.82) is 0 Å². The molecule has 0 aromatic heterocycles. The summed E-state index contributed by atoms with van der Waals surface area (Å²) in [6.45, 7) is 0.378. The number of benzene rings is 3. The van der Waals surface area contributed by atoms with Crippen LogP contribution in [0.15, 0.2) is 72.8 Å². The summed E-state index contributed by atoms with van der Waals surface area (Å²) in [5, 5.41) is 11.9. The number of ketones is 1. The van der Waals surface area contributed by atoms with E-state index in [2.05, 4.69) is 0 Å². The molecule has 1 N–H and O–H groups in total. The van der Waals surface area contributed by atoms with Crippen LogP contribution in [0.3, 0.4) is 0 Å². The smallest absolute Gasteiger partial charge is 0.264 e. The predicted octanol–water partition coefficient (Wildman–Crippen LogP) is 4.40. The Kier molecular flexibility index (Phi) is 5.81. The average Bonchev–Trinajstić information content (AvgIpc) is 2.99. The Bertz CT molecular complexity index is 1130. The maximum absolute atomic E-state index is 13.4. The Morgan fingerprint density at radius 2 is 1.77 bits per heavy atom. The van der Waals surface area contributed by atoms with Gasteiger partial charge in [-0.05, 0) is 42.3 Å². The van der Waals surface area contributed by atoms with Gasteiger partial charge in [0.05, 0.1) is 24.8 Å². The third-order valence-corrected chi connectivity index (χ3v) is 5.82. The Hall–Kier alpha value is -3.15. The molecule has 31 heavy (non-hydrogen) atoms. The van der Waals surface area contributed by atoms with Gasteiger partial charge < -0.3 is 14.7 Å². The summed E-state index contributed by atoms with van der Waals surface area (Å²) in [4.78, 5) is 28.0. The highest BCUT2D eigenvalue weighted by Gasteiger charge is 2.51. The monoisotopic (exact) mass is 435 g/mol. The van der Waals surface area contributed by atoms with Crippen molar-refractivity contribution < 1.29 is 19.4 Å². The van der Waals surface area contributed by atoms with Gasteiger partial charge in [-0.1, -0.05) is 54.1 Å². The van der Waals surface area contributed by atoms with Crippen LogP contribution < -0.4 is 9.64 Å². The summed E-state index contributed by atoms with van der Waals surface area (Å²) in [7, 11) is 1.47. The number of hydrogen-bond donors (Lipinski definition) is 1. The number of nitrogens with zero attached hydrogens (tertiary/aromatic N) is 1. The van der Waals surface area contributed by atoms with Gasteiger partial charge in [0.15, 0.2) is 11.4 Å². The number of fused-ring (bicyclic) bond motifs is 1. The van der Waals surface area contributed by atoms with Crippen LogP contribution >= 0.6 is 11.6 Å². The molecule has 0 spiro atoms. The van der Waals surface area contributed by atoms with Crippen molar-refractivity contribution in [1.82, 2.24) is 0 Å². The molecule has 1 atom stereocenters. The Labute approximate surface area is 185 Å². The number of halogens is 1. The van der Waals surface area contributed by atoms with E-state index >= 15 is 0 Å². The van der Waals surface area contributed by atoms with Crippen molar-refractivity contribution in [2.45, 2.75) is 18.4 Å². The number of para-hydroxylation sites is 1. The van der Waals surface area contributed by atoms with Crippen molar-refractivity contribution >= 4 is 29.0 Å². The van der Waals surface area contributed by atoms with E-state index in [1.54, 1.807) is 42.5 Å². The summed E-state index contributed by atoms with van der Waals surface area (Å²) in [5.41, 5.74) is 0.320. The minimum absolute atomic E-state index is 0.317. The first-order chi connectivity index (χ1) is 14.9. The number of carbonyl (C=O) groups is 2. The molecule has 6 heteroatoms. The highest BCUT2D eigenvalue weighted by atomic mass is 35.5. The molecule has 4 rings (SSSR count). The molecular formula is C25H22ClNO4. The van der Waals surface area contributed by atoms with Gasteiger partial charge in [-0.2, -0.15) is 0 Å². The second-order valence-corrected chi connectivity index (χ2v) is 7.95. The molecule has 0 aliphatic carbocycles. The molecule has 0 radical (unpaired) electrons. The average molecular weight is 436 g/mol. The Morgan fingerprint density at radius 1 is 1.06 bits per heavy atom. The van der Waals surface area contributed by atoms with Crippen molar-refractivity contribution in [2.24, 2.45) is 0 Å². The summed E-state index contributed by atoms with van der Waals surface area (Å²) >= 11 is 6.17. The van der Waals surface area contributed by atoms with E-state index < -0.39 is 17.9 Å². The van der Waals surface area contributed by atoms with Gasteiger partial charge in [0, 0.05) is 17.1 Å². The normalized spacial score (nSPS) is 17.5. The first-order valence-corrected chi connectivity index (χ1v) is 10.4. The number of anilines is 1. The van der Waals surface area contributed by atoms with E-state index in [1.807, 2.05) is 30.3 Å². The number of amides is 1. The van der Waals surface area contributed by atoms with Crippen LogP contribution in [0, 0.1) is 0 Å². The second kappa shape index (κ2) is 8.53. The van der Waals surface area contributed by atoms with E-state index in [4.69, 9.17) is 16.3 Å². The summed E-state index contributed by atoms with van der Waals surface area (Å²) < 4.78 is 5.27. The van der Waals surface area contributed by atoms with Gasteiger partial charge in [-0.3, -0.25) is 9.59 Å². The van der Waals surface area contributed by atoms with Crippen molar-refractivity contribution in [2.75, 3.05) is 18.6 Å². The molecular weight excluding hydrogens is 414 g/mol. The van der Waals surface area contributed by atoms with Crippen LogP contribution in [0.1, 0.15) is 27.9 Å². The Balaban J connectivity index is 1.66. The van der Waals surface area contributed by atoms with Crippen molar-refractivity contribution in [3.63, 3.8) is 0 Å². The highest BCUT2D eigenvalue weighted by molar-refractivity contribution is 6.31. The lowest BCUT2D eigenvalue weighted by Crippen LogP contribution is -2.42. The standard InChI is InChI=1S/C25H22ClNO4/c1-31-23-10-6-5-9-19(23)22(28)16-25(30)20-15-18(26)11-12-21(20)27(24(25)29)14-13-17-7-3-2-4-8-17/h2-12,15,30H,13-14,16H2,1H3/t25-/m1/s1. The number of rotatable bonds is 7. The molecule has 0 saturated heterocycles. The van der Waals surface area contributed by atoms with Crippen LogP contribution in [-0.2, 0) is 16.8 Å². The van der Waals surface area contributed by atoms with E-state index in [9.17, 15) is 14.7 Å². The van der Waals surface area contributed by atoms with Crippen LogP contribution in [0.4, 0.5) is 5.69 Å². The number of aliphatic hydroxyl groups is 1. The van der Waals surface area contributed by atoms with Gasteiger partial charge >= 0.3 is 0 Å². The minimum atomic E-state index is -1.99. The molecule has 3 aromatic rings. The molecule has 0 unspecified atom stereocenters. The van der Waals surface area contributed by atoms with E-state index in [0.29, 0.717) is 40.6 Å². The van der Waals surface area contributed by atoms with E-state index in [-0.39, 0.29) is 5.78 Å². The molecule has 1 aliphatic heterocycles. The lowest BCUT2D eigenvalue weighted by atomic mass is 9.88. The Morgan fingerprint density at radius 3 is 2.52 bits per heavy atom. The van der Waals surface area contributed by atoms with Crippen LogP contribution in [-0.4, -0.2) is 30.5 Å². The molecule has 158 valence electrons. The number of Topliss-reactive ketones (excluding diaryl/α,β-unsaturated/α-hetero) is 1. The molecule has 3 aromatic carbocycles. The van der Waals surface area contributed by atoms with Crippen LogP contribution in [0.2, 0.25) is 5.02 Å². The lowest BCUT2D eigenvalue weighted by molar-refractivity contribution is -0.135. The number of hydrogen-bond acceptors (Lipinski definition) is 4. The number of carbonyl (C=O) groups excluding carboxylic acids is 2. The molecule has 0 fully saturated rings. The summed E-state index contributed by atoms with van der Waals surface area (Å²) in [6, 6.07) is 21.5. The minimum Gasteiger partial charge on any atom is -0.496 e. The van der Waals surface area contributed by atoms with Crippen molar-refractivity contribution in [3.8, 4) is 5.75 Å². The second-order valence-electron chi connectivity index (χ2n) is 7.51. The zero-order valence-corrected chi connectivity index (χ0v) is 17.8. The quantitative estimate of drug-likeness (QED) is 0.558. The topological polar surface area (TPSA) is 66.8 Å². The largest absolute Gasteiger partial charge is 0.496 e. The maximum atomic E-state index is 13.4. The summed E-state index contributed by atoms with van der Waals surface area (Å²) in [6.07, 6.45) is 0.215. The van der Waals surface area contributed by atoms with Crippen molar-refractivity contribution in [3.05, 3.63) is 94.5 Å². The molecule has 0 saturated carbocycles. The fraction of sp³-hybridized carbons (Fsp3) is 0.200. The SMILES string of the molecule is COc1ccccc1C(=O)C[C@]1(O)C(=O)N(CCc2ccccc2)c2ccc(Cl)cc21. The van der Waals surface area contributed by atoms with Crippen LogP contribution in [0.25, 0.3) is 0 Å². The van der Waals surface area contributed by atoms with E-state index in [1.165, 1.54) is 12.0 Å². The van der Waals surface area contributed by atoms with Gasteiger partial charge in [0.1, 0.15) is 5.75 Å². The van der Waals surface area contributed by atoms with Crippen LogP contribution in [0.5, 0.6) is 5.75 Å². The van der Waals surface area contributed by atoms with E-state index in [0.717, 1.165) is 5.56 Å². The summed E-state index contributed by atoms with van der Waals surface area (Å²) in [5.74, 6) is -0.512. The third-order valence-electron chi connectivity index (χ3n) is 5.58. The zero-order chi connectivity index (χ0) is 22.0. The lowest BCUT2D eigenvalue weighted by Gasteiger charge is -2.23. The van der Waals surface area contributed by atoms with Gasteiger partial charge in [-0.25, -0.2) is 0 Å². The molecule has 5 nitrogen and oxygen atoms in total. The van der Waals surface area contributed by atoms with Gasteiger partial charge in [0.2, 0.25) is 0 Å². The molecule has 0 bridgehead atoms. The molecule has 1 amide bonds. The molecule has 1 heterocycles. The number of methoxy groups -OCH3 is 1. The third kappa shape index (κ3) is 3.94. The maximum Gasteiger partial charge on any atom is 0.264 e. The fourth-order valence-electron chi connectivity index (χ4n) is 4.00. The fourth-order valence-corrected chi connectivity index (χ4v) is 4.18. The first-order valence-electron chi connectivity index (χ1n) is 9.98. The van der Waals surface area contributed by atoms with Gasteiger partial charge in [-0.15, -0.1) is 0 Å². The zero-order valence-electron chi connectivity index (χ0n) is 17.0. The predicted molar refractivity (Wildman–Crippen MR) is 120 cm³/mol. The number of ether oxygens (including phenoxy) is 1. The molecule has 1 aliphatic rings. The highest BCUT2D eigenvalue weighted by Crippen LogP contribution is 2.44.